The van der Waals surface area contributed by atoms with Gasteiger partial charge >= 0.3 is 0 Å². The molecule has 112 valence electrons. The van der Waals surface area contributed by atoms with E-state index in [0.717, 1.165) is 24.2 Å². The molecule has 1 saturated heterocycles. The lowest BCUT2D eigenvalue weighted by Crippen LogP contribution is -2.36. The average Bonchev–Trinajstić information content (AvgIpc) is 3.08. The van der Waals surface area contributed by atoms with Crippen LogP contribution in [0.2, 0.25) is 0 Å². The van der Waals surface area contributed by atoms with Gasteiger partial charge in [0.2, 0.25) is 0 Å². The van der Waals surface area contributed by atoms with Crippen molar-refractivity contribution in [3.8, 4) is 0 Å². The summed E-state index contributed by atoms with van der Waals surface area (Å²) in [6, 6.07) is 5.04. The van der Waals surface area contributed by atoms with E-state index in [-0.39, 0.29) is 24.4 Å². The van der Waals surface area contributed by atoms with E-state index in [1.165, 1.54) is 17.4 Å². The number of hydrogen-bond acceptors (Lipinski definition) is 4. The average molecular weight is 308 g/mol. The SMILES string of the molecule is COCc1c(C(=O)NC2CCNC2)sc2cccc(F)c12. The highest BCUT2D eigenvalue weighted by atomic mass is 32.1. The molecular formula is C15H17FN2O2S. The van der Waals surface area contributed by atoms with Gasteiger partial charge in [-0.05, 0) is 25.1 Å². The van der Waals surface area contributed by atoms with Crippen LogP contribution in [0.1, 0.15) is 21.7 Å². The Balaban J connectivity index is 1.98. The van der Waals surface area contributed by atoms with Gasteiger partial charge in [0.05, 0.1) is 11.5 Å². The van der Waals surface area contributed by atoms with E-state index in [0.29, 0.717) is 15.8 Å². The summed E-state index contributed by atoms with van der Waals surface area (Å²) in [5.41, 5.74) is 0.638. The number of carbonyl (C=O) groups is 1. The van der Waals surface area contributed by atoms with Crippen molar-refractivity contribution in [2.45, 2.75) is 19.1 Å². The lowest BCUT2D eigenvalue weighted by Gasteiger charge is -2.11. The topological polar surface area (TPSA) is 50.4 Å². The molecule has 21 heavy (non-hydrogen) atoms. The molecule has 1 atom stereocenters. The molecule has 1 unspecified atom stereocenters. The quantitative estimate of drug-likeness (QED) is 0.911. The summed E-state index contributed by atoms with van der Waals surface area (Å²) >= 11 is 1.32. The second kappa shape index (κ2) is 6.09. The molecule has 1 aliphatic rings. The molecule has 1 aromatic heterocycles. The van der Waals surface area contributed by atoms with Crippen molar-refractivity contribution < 1.29 is 13.9 Å². The van der Waals surface area contributed by atoms with Gasteiger partial charge in [-0.25, -0.2) is 4.39 Å². The number of amides is 1. The Labute approximate surface area is 126 Å². The van der Waals surface area contributed by atoms with Crippen molar-refractivity contribution in [2.75, 3.05) is 20.2 Å². The first-order chi connectivity index (χ1) is 10.2. The maximum atomic E-state index is 14.1. The fourth-order valence-electron chi connectivity index (χ4n) is 2.66. The number of ether oxygens (including phenoxy) is 1. The molecule has 1 amide bonds. The number of nitrogens with one attached hydrogen (secondary N) is 2. The summed E-state index contributed by atoms with van der Waals surface area (Å²) in [4.78, 5) is 13.0. The monoisotopic (exact) mass is 308 g/mol. The van der Waals surface area contributed by atoms with Crippen LogP contribution in [0.5, 0.6) is 0 Å². The lowest BCUT2D eigenvalue weighted by molar-refractivity contribution is 0.0940. The van der Waals surface area contributed by atoms with Crippen LogP contribution in [0, 0.1) is 5.82 Å². The Morgan fingerprint density at radius 1 is 1.57 bits per heavy atom. The third kappa shape index (κ3) is 2.79. The number of halogens is 1. The van der Waals surface area contributed by atoms with E-state index in [1.54, 1.807) is 13.2 Å². The minimum absolute atomic E-state index is 0.142. The summed E-state index contributed by atoms with van der Waals surface area (Å²) in [5.74, 6) is -0.450. The van der Waals surface area contributed by atoms with Crippen LogP contribution in [0.25, 0.3) is 10.1 Å². The van der Waals surface area contributed by atoms with Gasteiger partial charge in [0.1, 0.15) is 5.82 Å². The fraction of sp³-hybridized carbons (Fsp3) is 0.400. The molecule has 4 nitrogen and oxygen atoms in total. The molecule has 2 N–H and O–H groups in total. The van der Waals surface area contributed by atoms with Gasteiger partial charge in [0.15, 0.2) is 0 Å². The zero-order valence-corrected chi connectivity index (χ0v) is 12.6. The molecule has 0 bridgehead atoms. The Hall–Kier alpha value is -1.50. The van der Waals surface area contributed by atoms with Crippen LogP contribution in [0.4, 0.5) is 4.39 Å². The molecule has 0 aliphatic carbocycles. The second-order valence-corrected chi connectivity index (χ2v) is 6.17. The molecular weight excluding hydrogens is 291 g/mol. The number of benzene rings is 1. The minimum Gasteiger partial charge on any atom is -0.380 e. The van der Waals surface area contributed by atoms with Crippen LogP contribution in [-0.4, -0.2) is 32.1 Å². The minimum atomic E-state index is -0.308. The molecule has 2 heterocycles. The molecule has 0 radical (unpaired) electrons. The Morgan fingerprint density at radius 2 is 2.43 bits per heavy atom. The van der Waals surface area contributed by atoms with Gasteiger partial charge in [0.25, 0.3) is 5.91 Å². The van der Waals surface area contributed by atoms with Crippen LogP contribution in [-0.2, 0) is 11.3 Å². The number of rotatable bonds is 4. The predicted molar refractivity (Wildman–Crippen MR) is 81.2 cm³/mol. The van der Waals surface area contributed by atoms with E-state index in [1.807, 2.05) is 6.07 Å². The van der Waals surface area contributed by atoms with Gasteiger partial charge in [-0.15, -0.1) is 11.3 Å². The Kier molecular flexibility index (Phi) is 4.19. The molecule has 2 aromatic rings. The van der Waals surface area contributed by atoms with Gasteiger partial charge in [-0.3, -0.25) is 4.79 Å². The Morgan fingerprint density at radius 3 is 3.14 bits per heavy atom. The van der Waals surface area contributed by atoms with E-state index >= 15 is 0 Å². The van der Waals surface area contributed by atoms with Crippen molar-refractivity contribution in [3.05, 3.63) is 34.5 Å². The first kappa shape index (κ1) is 14.4. The number of methoxy groups -OCH3 is 1. The van der Waals surface area contributed by atoms with Gasteiger partial charge < -0.3 is 15.4 Å². The standard InChI is InChI=1S/C15H17FN2O2S/c1-20-8-10-13-11(16)3-2-4-12(13)21-14(10)15(19)18-9-5-6-17-7-9/h2-4,9,17H,5-8H2,1H3,(H,18,19). The van der Waals surface area contributed by atoms with Crippen LogP contribution < -0.4 is 10.6 Å². The molecule has 6 heteroatoms. The summed E-state index contributed by atoms with van der Waals surface area (Å²) in [6.45, 7) is 1.92. The number of thiophene rings is 1. The summed E-state index contributed by atoms with van der Waals surface area (Å²) in [7, 11) is 1.55. The van der Waals surface area contributed by atoms with E-state index in [4.69, 9.17) is 4.74 Å². The van der Waals surface area contributed by atoms with Crippen LogP contribution in [0.15, 0.2) is 18.2 Å². The zero-order chi connectivity index (χ0) is 14.8. The first-order valence-corrected chi connectivity index (χ1v) is 7.72. The van der Waals surface area contributed by atoms with Crippen molar-refractivity contribution >= 4 is 27.3 Å². The number of carbonyl (C=O) groups excluding carboxylic acids is 1. The maximum Gasteiger partial charge on any atom is 0.262 e. The molecule has 1 fully saturated rings. The molecule has 0 spiro atoms. The summed E-state index contributed by atoms with van der Waals surface area (Å²) in [5, 5.41) is 6.71. The third-order valence-corrected chi connectivity index (χ3v) is 4.85. The van der Waals surface area contributed by atoms with E-state index in [9.17, 15) is 9.18 Å². The van der Waals surface area contributed by atoms with Gasteiger partial charge in [-0.1, -0.05) is 6.07 Å². The smallest absolute Gasteiger partial charge is 0.262 e. The van der Waals surface area contributed by atoms with Crippen molar-refractivity contribution in [1.29, 1.82) is 0 Å². The van der Waals surface area contributed by atoms with Crippen LogP contribution in [0.3, 0.4) is 0 Å². The highest BCUT2D eigenvalue weighted by Crippen LogP contribution is 2.33. The predicted octanol–water partition coefficient (Wildman–Crippen LogP) is 2.28. The molecule has 0 saturated carbocycles. The van der Waals surface area contributed by atoms with E-state index < -0.39 is 0 Å². The molecule has 3 rings (SSSR count). The number of fused-ring (bicyclic) bond motifs is 1. The van der Waals surface area contributed by atoms with Crippen molar-refractivity contribution in [1.82, 2.24) is 10.6 Å². The van der Waals surface area contributed by atoms with Gasteiger partial charge in [0, 0.05) is 35.3 Å². The van der Waals surface area contributed by atoms with E-state index in [2.05, 4.69) is 10.6 Å². The van der Waals surface area contributed by atoms with Crippen molar-refractivity contribution in [2.24, 2.45) is 0 Å². The lowest BCUT2D eigenvalue weighted by atomic mass is 10.1. The highest BCUT2D eigenvalue weighted by Gasteiger charge is 2.23. The molecule has 1 aliphatic heterocycles. The third-order valence-electron chi connectivity index (χ3n) is 3.65. The van der Waals surface area contributed by atoms with Crippen molar-refractivity contribution in [3.63, 3.8) is 0 Å². The second-order valence-electron chi connectivity index (χ2n) is 5.12. The number of hydrogen-bond donors (Lipinski definition) is 2. The van der Waals surface area contributed by atoms with Gasteiger partial charge in [-0.2, -0.15) is 0 Å². The molecule has 1 aromatic carbocycles. The van der Waals surface area contributed by atoms with Crippen LogP contribution >= 0.6 is 11.3 Å². The maximum absolute atomic E-state index is 14.1. The fourth-order valence-corrected chi connectivity index (χ4v) is 3.79. The highest BCUT2D eigenvalue weighted by molar-refractivity contribution is 7.21. The summed E-state index contributed by atoms with van der Waals surface area (Å²) < 4.78 is 20.0. The largest absolute Gasteiger partial charge is 0.380 e. The summed E-state index contributed by atoms with van der Waals surface area (Å²) in [6.07, 6.45) is 0.921. The zero-order valence-electron chi connectivity index (χ0n) is 11.7. The normalized spacial score (nSPS) is 18.3. The Bertz CT molecular complexity index is 665. The first-order valence-electron chi connectivity index (χ1n) is 6.91.